The first kappa shape index (κ1) is 26.6. The molecule has 0 aliphatic heterocycles. The third kappa shape index (κ3) is 9.51. The Morgan fingerprint density at radius 3 is 2.26 bits per heavy atom. The van der Waals surface area contributed by atoms with E-state index in [1.807, 2.05) is 19.1 Å². The molecule has 0 saturated heterocycles. The highest BCUT2D eigenvalue weighted by molar-refractivity contribution is 5.98. The van der Waals surface area contributed by atoms with Gasteiger partial charge >= 0.3 is 5.97 Å². The summed E-state index contributed by atoms with van der Waals surface area (Å²) in [7, 11) is 1.54. The Kier molecular flexibility index (Phi) is 12.5. The van der Waals surface area contributed by atoms with Crippen molar-refractivity contribution in [2.75, 3.05) is 20.3 Å². The molecular weight excluding hydrogens is 396 g/mol. The molecule has 0 saturated carbocycles. The Hall–Kier alpha value is -2.41. The van der Waals surface area contributed by atoms with Crippen LogP contribution in [0.5, 0.6) is 0 Å². The first-order valence-corrected chi connectivity index (χ1v) is 11.3. The number of aryl methyl sites for hydroxylation is 1. The topological polar surface area (TPSA) is 95.9 Å². The minimum atomic E-state index is -1.14. The Morgan fingerprint density at radius 1 is 1.03 bits per heavy atom. The molecule has 2 N–H and O–H groups in total. The number of nitrogens with zero attached hydrogens (tertiary/aromatic N) is 1. The number of nitrogens with one attached hydrogen (secondary N) is 1. The average Bonchev–Trinajstić information content (AvgIpc) is 2.76. The highest BCUT2D eigenvalue weighted by atomic mass is 16.5. The van der Waals surface area contributed by atoms with Crippen molar-refractivity contribution in [2.24, 2.45) is 0 Å². The Bertz CT molecular complexity index is 690. The maximum absolute atomic E-state index is 13.0. The zero-order valence-corrected chi connectivity index (χ0v) is 19.4. The van der Waals surface area contributed by atoms with E-state index in [1.54, 1.807) is 19.2 Å². The molecule has 0 spiro atoms. The van der Waals surface area contributed by atoms with Gasteiger partial charge in [0.1, 0.15) is 12.1 Å². The van der Waals surface area contributed by atoms with Gasteiger partial charge in [0.15, 0.2) is 0 Å². The molecular formula is C24H38N2O5. The lowest BCUT2D eigenvalue weighted by atomic mass is 10.0. The van der Waals surface area contributed by atoms with Gasteiger partial charge in [-0.3, -0.25) is 14.4 Å². The zero-order chi connectivity index (χ0) is 23.2. The number of amides is 2. The van der Waals surface area contributed by atoms with E-state index in [0.29, 0.717) is 12.2 Å². The fourth-order valence-corrected chi connectivity index (χ4v) is 3.09. The molecule has 174 valence electrons. The van der Waals surface area contributed by atoms with Crippen molar-refractivity contribution in [3.63, 3.8) is 0 Å². The maximum atomic E-state index is 13.0. The SMILES string of the molecule is CCCCCCc1ccc(C(=O)N(C)[C@H](COCCCC)C(=O)N[C@H](C)C(=O)O)cc1. The van der Waals surface area contributed by atoms with Crippen LogP contribution in [0.3, 0.4) is 0 Å². The van der Waals surface area contributed by atoms with Crippen LogP contribution >= 0.6 is 0 Å². The quantitative estimate of drug-likeness (QED) is 0.411. The van der Waals surface area contributed by atoms with Crippen LogP contribution in [0.2, 0.25) is 0 Å². The zero-order valence-electron chi connectivity index (χ0n) is 19.4. The standard InChI is InChI=1S/C24H38N2O5/c1-5-7-9-10-11-19-12-14-20(15-13-19)23(28)26(4)21(17-31-16-8-6-2)22(27)25-18(3)24(29)30/h12-15,18,21H,5-11,16-17H2,1-4H3,(H,25,27)(H,29,30)/t18-,21-/m1/s1. The van der Waals surface area contributed by atoms with Crippen LogP contribution in [0.1, 0.15) is 75.2 Å². The number of aliphatic carboxylic acids is 1. The van der Waals surface area contributed by atoms with Crippen LogP contribution in [0.15, 0.2) is 24.3 Å². The summed E-state index contributed by atoms with van der Waals surface area (Å²) in [4.78, 5) is 38.1. The van der Waals surface area contributed by atoms with E-state index < -0.39 is 24.0 Å². The number of carboxylic acid groups (broad SMARTS) is 1. The van der Waals surface area contributed by atoms with Crippen LogP contribution in [-0.2, 0) is 20.7 Å². The number of hydrogen-bond acceptors (Lipinski definition) is 4. The fraction of sp³-hybridized carbons (Fsp3) is 0.625. The number of rotatable bonds is 15. The molecule has 7 nitrogen and oxygen atoms in total. The van der Waals surface area contributed by atoms with Gasteiger partial charge in [0.25, 0.3) is 5.91 Å². The lowest BCUT2D eigenvalue weighted by Gasteiger charge is -2.28. The molecule has 7 heteroatoms. The third-order valence-corrected chi connectivity index (χ3v) is 5.26. The van der Waals surface area contributed by atoms with Crippen LogP contribution in [0.25, 0.3) is 0 Å². The molecule has 0 radical (unpaired) electrons. The average molecular weight is 435 g/mol. The number of unbranched alkanes of at least 4 members (excludes halogenated alkanes) is 4. The summed E-state index contributed by atoms with van der Waals surface area (Å²) in [6, 6.07) is 5.49. The van der Waals surface area contributed by atoms with Gasteiger partial charge in [-0.1, -0.05) is 51.7 Å². The molecule has 0 fully saturated rings. The lowest BCUT2D eigenvalue weighted by molar-refractivity contribution is -0.142. The molecule has 2 amide bonds. The molecule has 0 bridgehead atoms. The van der Waals surface area contributed by atoms with E-state index in [0.717, 1.165) is 25.7 Å². The normalized spacial score (nSPS) is 12.8. The number of hydrogen-bond donors (Lipinski definition) is 2. The maximum Gasteiger partial charge on any atom is 0.325 e. The summed E-state index contributed by atoms with van der Waals surface area (Å²) in [5.41, 5.74) is 1.67. The molecule has 1 aromatic rings. The van der Waals surface area contributed by atoms with Gasteiger partial charge in [0.2, 0.25) is 5.91 Å². The number of carbonyl (C=O) groups is 3. The molecule has 0 aliphatic carbocycles. The van der Waals surface area contributed by atoms with E-state index >= 15 is 0 Å². The van der Waals surface area contributed by atoms with Gasteiger partial charge in [0, 0.05) is 19.2 Å². The van der Waals surface area contributed by atoms with Crippen molar-refractivity contribution in [3.8, 4) is 0 Å². The van der Waals surface area contributed by atoms with Gasteiger partial charge < -0.3 is 20.1 Å². The second kappa shape index (κ2) is 14.6. The van der Waals surface area contributed by atoms with Crippen LogP contribution in [0, 0.1) is 0 Å². The predicted octanol–water partition coefficient (Wildman–Crippen LogP) is 3.66. The molecule has 1 aromatic carbocycles. The first-order valence-electron chi connectivity index (χ1n) is 11.3. The van der Waals surface area contributed by atoms with E-state index in [9.17, 15) is 14.4 Å². The van der Waals surface area contributed by atoms with Crippen molar-refractivity contribution in [1.29, 1.82) is 0 Å². The molecule has 31 heavy (non-hydrogen) atoms. The van der Waals surface area contributed by atoms with Gasteiger partial charge in [-0.15, -0.1) is 0 Å². The highest BCUT2D eigenvalue weighted by Crippen LogP contribution is 2.13. The first-order chi connectivity index (χ1) is 14.8. The smallest absolute Gasteiger partial charge is 0.325 e. The molecule has 0 heterocycles. The summed E-state index contributed by atoms with van der Waals surface area (Å²) in [5.74, 6) is -1.99. The fourth-order valence-electron chi connectivity index (χ4n) is 3.09. The highest BCUT2D eigenvalue weighted by Gasteiger charge is 2.29. The van der Waals surface area contributed by atoms with Gasteiger partial charge in [-0.2, -0.15) is 0 Å². The van der Waals surface area contributed by atoms with E-state index in [2.05, 4.69) is 12.2 Å². The molecule has 0 aliphatic rings. The minimum Gasteiger partial charge on any atom is -0.480 e. The monoisotopic (exact) mass is 434 g/mol. The van der Waals surface area contributed by atoms with Crippen molar-refractivity contribution in [1.82, 2.24) is 10.2 Å². The van der Waals surface area contributed by atoms with Crippen LogP contribution in [0.4, 0.5) is 0 Å². The summed E-state index contributed by atoms with van der Waals surface area (Å²) in [5, 5.41) is 11.5. The van der Waals surface area contributed by atoms with Crippen LogP contribution < -0.4 is 5.32 Å². The molecule has 2 atom stereocenters. The predicted molar refractivity (Wildman–Crippen MR) is 121 cm³/mol. The number of ether oxygens (including phenoxy) is 1. The largest absolute Gasteiger partial charge is 0.480 e. The Balaban J connectivity index is 2.83. The Labute approximate surface area is 186 Å². The van der Waals surface area contributed by atoms with Gasteiger partial charge in [-0.25, -0.2) is 0 Å². The second-order valence-corrected chi connectivity index (χ2v) is 7.94. The van der Waals surface area contributed by atoms with Crippen molar-refractivity contribution >= 4 is 17.8 Å². The van der Waals surface area contributed by atoms with E-state index in [1.165, 1.54) is 36.6 Å². The van der Waals surface area contributed by atoms with E-state index in [4.69, 9.17) is 9.84 Å². The summed E-state index contributed by atoms with van der Waals surface area (Å²) in [6.45, 7) is 6.09. The molecule has 1 rings (SSSR count). The Morgan fingerprint density at radius 2 is 1.68 bits per heavy atom. The van der Waals surface area contributed by atoms with Crippen LogP contribution in [-0.4, -0.2) is 60.1 Å². The van der Waals surface area contributed by atoms with Crippen molar-refractivity contribution < 1.29 is 24.2 Å². The number of likely N-dealkylation sites (N-methyl/N-ethyl adjacent to an activating group) is 1. The number of carboxylic acids is 1. The second-order valence-electron chi connectivity index (χ2n) is 7.94. The lowest BCUT2D eigenvalue weighted by Crippen LogP contribution is -2.53. The molecule has 0 unspecified atom stereocenters. The minimum absolute atomic E-state index is 0.00985. The summed E-state index contributed by atoms with van der Waals surface area (Å²) >= 11 is 0. The summed E-state index contributed by atoms with van der Waals surface area (Å²) in [6.07, 6.45) is 7.52. The van der Waals surface area contributed by atoms with Gasteiger partial charge in [0.05, 0.1) is 6.61 Å². The number of benzene rings is 1. The van der Waals surface area contributed by atoms with Gasteiger partial charge in [-0.05, 0) is 43.9 Å². The third-order valence-electron chi connectivity index (χ3n) is 5.26. The van der Waals surface area contributed by atoms with E-state index in [-0.39, 0.29) is 12.5 Å². The number of carbonyl (C=O) groups excluding carboxylic acids is 2. The molecule has 0 aromatic heterocycles. The summed E-state index contributed by atoms with van der Waals surface area (Å²) < 4.78 is 5.59. The van der Waals surface area contributed by atoms with Crippen molar-refractivity contribution in [2.45, 2.75) is 77.8 Å². The van der Waals surface area contributed by atoms with Crippen molar-refractivity contribution in [3.05, 3.63) is 35.4 Å².